The summed E-state index contributed by atoms with van der Waals surface area (Å²) in [4.78, 5) is 17.4. The summed E-state index contributed by atoms with van der Waals surface area (Å²) < 4.78 is 10.7. The number of aryl methyl sites for hydroxylation is 1. The van der Waals surface area contributed by atoms with Crippen LogP contribution in [-0.2, 0) is 17.4 Å². The maximum Gasteiger partial charge on any atom is 0.417 e. The van der Waals surface area contributed by atoms with Gasteiger partial charge in [-0.25, -0.2) is 4.57 Å². The third-order valence-corrected chi connectivity index (χ3v) is 2.75. The molecule has 0 aromatic heterocycles. The van der Waals surface area contributed by atoms with Gasteiger partial charge in [-0.15, -0.1) is 5.20 Å². The average Bonchev–Trinajstić information content (AvgIpc) is 2.24. The molecule has 0 aliphatic heterocycles. The molecule has 90 valence electrons. The van der Waals surface area contributed by atoms with Crippen LogP contribution >= 0.6 is 7.75 Å². The van der Waals surface area contributed by atoms with Gasteiger partial charge in [-0.1, -0.05) is 26.0 Å². The first-order chi connectivity index (χ1) is 7.48. The van der Waals surface area contributed by atoms with Gasteiger partial charge in [0.25, 0.3) is 0 Å². The van der Waals surface area contributed by atoms with Crippen molar-refractivity contribution < 1.29 is 14.4 Å². The molecule has 16 heavy (non-hydrogen) atoms. The first-order valence-corrected chi connectivity index (χ1v) is 6.78. The Balaban J connectivity index is 2.91. The van der Waals surface area contributed by atoms with E-state index in [2.05, 4.69) is 12.3 Å². The van der Waals surface area contributed by atoms with Crippen LogP contribution in [0.3, 0.4) is 0 Å². The number of hydrogen-bond donors (Lipinski definition) is 4. The van der Waals surface area contributed by atoms with Crippen molar-refractivity contribution in [3.63, 3.8) is 0 Å². The van der Waals surface area contributed by atoms with Crippen molar-refractivity contribution >= 4 is 13.4 Å². The van der Waals surface area contributed by atoms with Gasteiger partial charge in [-0.05, 0) is 30.0 Å². The van der Waals surface area contributed by atoms with Crippen LogP contribution in [0.5, 0.6) is 0 Å². The normalized spacial score (nSPS) is 11.5. The fourth-order valence-corrected chi connectivity index (χ4v) is 1.90. The first-order valence-electron chi connectivity index (χ1n) is 5.17. The highest BCUT2D eigenvalue weighted by atomic mass is 31.2. The van der Waals surface area contributed by atoms with Crippen LogP contribution in [0.2, 0.25) is 0 Å². The Morgan fingerprint density at radius 3 is 2.44 bits per heavy atom. The molecular formula is C10H17N2O3P. The number of hydrazine groups is 1. The zero-order valence-corrected chi connectivity index (χ0v) is 10.3. The van der Waals surface area contributed by atoms with Crippen molar-refractivity contribution in [3.8, 4) is 0 Å². The number of hydrogen-bond acceptors (Lipinski definition) is 2. The van der Waals surface area contributed by atoms with Crippen molar-refractivity contribution in [1.29, 1.82) is 0 Å². The van der Waals surface area contributed by atoms with Gasteiger partial charge in [0.2, 0.25) is 0 Å². The van der Waals surface area contributed by atoms with Crippen LogP contribution < -0.4 is 10.6 Å². The van der Waals surface area contributed by atoms with E-state index < -0.39 is 7.75 Å². The summed E-state index contributed by atoms with van der Waals surface area (Å²) in [7, 11) is -4.25. The molecule has 0 atom stereocenters. The lowest BCUT2D eigenvalue weighted by Gasteiger charge is -2.15. The van der Waals surface area contributed by atoms with Gasteiger partial charge >= 0.3 is 7.75 Å². The number of benzene rings is 1. The quantitative estimate of drug-likeness (QED) is 0.469. The van der Waals surface area contributed by atoms with Gasteiger partial charge in [0.1, 0.15) is 0 Å². The predicted octanol–water partition coefficient (Wildman–Crippen LogP) is 1.82. The number of rotatable bonds is 5. The molecule has 1 aromatic rings. The van der Waals surface area contributed by atoms with Crippen molar-refractivity contribution in [2.24, 2.45) is 0 Å². The fourth-order valence-electron chi connectivity index (χ4n) is 1.63. The van der Waals surface area contributed by atoms with E-state index in [4.69, 9.17) is 9.79 Å². The zero-order chi connectivity index (χ0) is 12.2. The Bertz CT molecular complexity index is 403. The van der Waals surface area contributed by atoms with E-state index in [-0.39, 0.29) is 0 Å². The van der Waals surface area contributed by atoms with E-state index in [0.29, 0.717) is 5.69 Å². The largest absolute Gasteiger partial charge is 0.417 e. The second kappa shape index (κ2) is 5.46. The van der Waals surface area contributed by atoms with Gasteiger partial charge < -0.3 is 15.2 Å². The van der Waals surface area contributed by atoms with Crippen molar-refractivity contribution in [3.05, 3.63) is 29.3 Å². The Hall–Kier alpha value is -0.870. The van der Waals surface area contributed by atoms with Crippen molar-refractivity contribution in [1.82, 2.24) is 5.20 Å². The molecule has 0 saturated carbocycles. The lowest BCUT2D eigenvalue weighted by molar-refractivity contribution is 0.362. The van der Waals surface area contributed by atoms with Gasteiger partial charge in [0.05, 0.1) is 5.69 Å². The van der Waals surface area contributed by atoms with E-state index in [1.807, 2.05) is 24.3 Å². The predicted molar refractivity (Wildman–Crippen MR) is 64.0 cm³/mol. The smallest absolute Gasteiger partial charge is 0.312 e. The van der Waals surface area contributed by atoms with E-state index in [1.54, 1.807) is 6.07 Å². The highest BCUT2D eigenvalue weighted by molar-refractivity contribution is 7.49. The standard InChI is InChI=1S/C10H17N2O3P/c1-3-8-6-5-7-10(9(8)4-2)11-12-16(13,14)15/h5-7,11H,3-4H2,1-2H3,(H3,12,13,14,15). The van der Waals surface area contributed by atoms with Crippen molar-refractivity contribution in [2.75, 3.05) is 5.43 Å². The lowest BCUT2D eigenvalue weighted by Crippen LogP contribution is -2.19. The zero-order valence-electron chi connectivity index (χ0n) is 9.40. The van der Waals surface area contributed by atoms with Crippen LogP contribution in [0.4, 0.5) is 5.69 Å². The molecule has 4 N–H and O–H groups in total. The van der Waals surface area contributed by atoms with Crippen LogP contribution in [0.15, 0.2) is 18.2 Å². The van der Waals surface area contributed by atoms with Crippen LogP contribution in [-0.4, -0.2) is 9.79 Å². The molecule has 0 radical (unpaired) electrons. The molecule has 1 rings (SSSR count). The minimum atomic E-state index is -4.25. The molecule has 1 aromatic carbocycles. The molecule has 0 saturated heterocycles. The lowest BCUT2D eigenvalue weighted by atomic mass is 10.0. The summed E-state index contributed by atoms with van der Waals surface area (Å²) in [5, 5.41) is 1.98. The Morgan fingerprint density at radius 2 is 1.94 bits per heavy atom. The Labute approximate surface area is 95.1 Å². The summed E-state index contributed by atoms with van der Waals surface area (Å²) >= 11 is 0. The molecule has 0 aliphatic rings. The van der Waals surface area contributed by atoms with E-state index >= 15 is 0 Å². The molecule has 5 nitrogen and oxygen atoms in total. The maximum absolute atomic E-state index is 10.7. The Kier molecular flexibility index (Phi) is 4.50. The number of anilines is 1. The summed E-state index contributed by atoms with van der Waals surface area (Å²) in [6.45, 7) is 4.06. The summed E-state index contributed by atoms with van der Waals surface area (Å²) in [6.07, 6.45) is 1.71. The summed E-state index contributed by atoms with van der Waals surface area (Å²) in [6, 6.07) is 5.67. The third kappa shape index (κ3) is 3.61. The molecule has 0 heterocycles. The second-order valence-electron chi connectivity index (χ2n) is 3.43. The first kappa shape index (κ1) is 13.2. The highest BCUT2D eigenvalue weighted by Gasteiger charge is 2.12. The van der Waals surface area contributed by atoms with E-state index in [1.165, 1.54) is 5.56 Å². The minimum Gasteiger partial charge on any atom is -0.312 e. The molecule has 0 bridgehead atoms. The summed E-state index contributed by atoms with van der Waals surface area (Å²) in [5.41, 5.74) is 5.53. The molecule has 6 heteroatoms. The molecule has 0 unspecified atom stereocenters. The van der Waals surface area contributed by atoms with Crippen LogP contribution in [0.25, 0.3) is 0 Å². The summed E-state index contributed by atoms with van der Waals surface area (Å²) in [5.74, 6) is 0. The average molecular weight is 244 g/mol. The molecule has 0 amide bonds. The molecular weight excluding hydrogens is 227 g/mol. The SMILES string of the molecule is CCc1cccc(NNP(=O)(O)O)c1CC. The maximum atomic E-state index is 10.7. The van der Waals surface area contributed by atoms with Crippen molar-refractivity contribution in [2.45, 2.75) is 26.7 Å². The van der Waals surface area contributed by atoms with Gasteiger partial charge in [-0.3, -0.25) is 0 Å². The highest BCUT2D eigenvalue weighted by Crippen LogP contribution is 2.29. The minimum absolute atomic E-state index is 0.713. The molecule has 0 aliphatic carbocycles. The molecule has 0 spiro atoms. The monoisotopic (exact) mass is 244 g/mol. The fraction of sp³-hybridized carbons (Fsp3) is 0.400. The van der Waals surface area contributed by atoms with Crippen LogP contribution in [0.1, 0.15) is 25.0 Å². The van der Waals surface area contributed by atoms with Gasteiger partial charge in [-0.2, -0.15) is 0 Å². The van der Waals surface area contributed by atoms with E-state index in [9.17, 15) is 4.57 Å². The van der Waals surface area contributed by atoms with Gasteiger partial charge in [0, 0.05) is 0 Å². The van der Waals surface area contributed by atoms with Crippen LogP contribution in [0, 0.1) is 0 Å². The number of nitrogens with one attached hydrogen (secondary N) is 2. The topological polar surface area (TPSA) is 81.6 Å². The second-order valence-corrected chi connectivity index (χ2v) is 4.74. The molecule has 0 fully saturated rings. The third-order valence-electron chi connectivity index (χ3n) is 2.34. The van der Waals surface area contributed by atoms with E-state index in [0.717, 1.165) is 18.4 Å². The Morgan fingerprint density at radius 1 is 1.25 bits per heavy atom. The van der Waals surface area contributed by atoms with Gasteiger partial charge in [0.15, 0.2) is 0 Å².